The Balaban J connectivity index is 2.01. The molecule has 1 aromatic heterocycles. The fourth-order valence-corrected chi connectivity index (χ4v) is 2.71. The van der Waals surface area contributed by atoms with Crippen molar-refractivity contribution in [3.05, 3.63) is 69.9 Å². The smallest absolute Gasteiger partial charge is 0.416 e. The highest BCUT2D eigenvalue weighted by Gasteiger charge is 2.30. The van der Waals surface area contributed by atoms with Gasteiger partial charge in [0.1, 0.15) is 11.4 Å². The van der Waals surface area contributed by atoms with E-state index in [1.165, 1.54) is 26.2 Å². The van der Waals surface area contributed by atoms with Crippen LogP contribution in [0, 0.1) is 17.0 Å². The van der Waals surface area contributed by atoms with Crippen LogP contribution in [0.1, 0.15) is 11.3 Å². The van der Waals surface area contributed by atoms with Crippen molar-refractivity contribution in [3.63, 3.8) is 0 Å². The summed E-state index contributed by atoms with van der Waals surface area (Å²) in [5.41, 5.74) is -0.677. The second-order valence-corrected chi connectivity index (χ2v) is 6.12. The van der Waals surface area contributed by atoms with E-state index in [2.05, 4.69) is 20.6 Å². The molecule has 3 aromatic rings. The maximum atomic E-state index is 12.9. The molecule has 2 aromatic carbocycles. The molecular formula is C19H16F3N5O3. The van der Waals surface area contributed by atoms with Gasteiger partial charge in [0.25, 0.3) is 0 Å². The Morgan fingerprint density at radius 2 is 1.80 bits per heavy atom. The van der Waals surface area contributed by atoms with E-state index in [9.17, 15) is 23.3 Å². The van der Waals surface area contributed by atoms with E-state index >= 15 is 0 Å². The van der Waals surface area contributed by atoms with Gasteiger partial charge in [-0.1, -0.05) is 18.2 Å². The van der Waals surface area contributed by atoms with Crippen molar-refractivity contribution in [2.75, 3.05) is 17.7 Å². The zero-order chi connectivity index (χ0) is 21.9. The minimum absolute atomic E-state index is 0.0295. The summed E-state index contributed by atoms with van der Waals surface area (Å²) in [6.45, 7) is 1.41. The number of nitrogens with one attached hydrogen (secondary N) is 2. The molecule has 156 valence electrons. The number of ether oxygens (including phenoxy) is 1. The lowest BCUT2D eigenvalue weighted by Crippen LogP contribution is -2.09. The number of hydrogen-bond acceptors (Lipinski definition) is 7. The molecule has 0 spiro atoms. The first kappa shape index (κ1) is 20.8. The first-order valence-electron chi connectivity index (χ1n) is 8.56. The number of hydrogen-bond donors (Lipinski definition) is 2. The van der Waals surface area contributed by atoms with Gasteiger partial charge >= 0.3 is 11.9 Å². The quantitative estimate of drug-likeness (QED) is 0.418. The highest BCUT2D eigenvalue weighted by atomic mass is 19.4. The molecule has 0 aliphatic rings. The maximum Gasteiger partial charge on any atom is 0.416 e. The molecule has 0 aliphatic heterocycles. The third-order valence-electron chi connectivity index (χ3n) is 4.05. The summed E-state index contributed by atoms with van der Waals surface area (Å²) < 4.78 is 44.0. The molecular weight excluding hydrogens is 403 g/mol. The molecule has 2 N–H and O–H groups in total. The van der Waals surface area contributed by atoms with Gasteiger partial charge in [-0.05, 0) is 37.3 Å². The van der Waals surface area contributed by atoms with Crippen molar-refractivity contribution >= 4 is 28.8 Å². The molecule has 0 radical (unpaired) electrons. The summed E-state index contributed by atoms with van der Waals surface area (Å²) >= 11 is 0. The van der Waals surface area contributed by atoms with Crippen LogP contribution in [-0.2, 0) is 6.18 Å². The van der Waals surface area contributed by atoms with Crippen molar-refractivity contribution in [1.82, 2.24) is 9.97 Å². The highest BCUT2D eigenvalue weighted by Crippen LogP contribution is 2.34. The predicted octanol–water partition coefficient (Wildman–Crippen LogP) is 5.21. The Morgan fingerprint density at radius 1 is 1.07 bits per heavy atom. The van der Waals surface area contributed by atoms with Crippen LogP contribution in [0.2, 0.25) is 0 Å². The predicted molar refractivity (Wildman–Crippen MR) is 104 cm³/mol. The fourth-order valence-electron chi connectivity index (χ4n) is 2.71. The molecule has 30 heavy (non-hydrogen) atoms. The zero-order valence-corrected chi connectivity index (χ0v) is 15.8. The van der Waals surface area contributed by atoms with E-state index in [1.54, 1.807) is 24.3 Å². The SMILES string of the molecule is COc1ccccc1Nc1nc(Nc2cccc(C(F)(F)F)c2)nc(C)c1[N+](=O)[O-]. The first-order chi connectivity index (χ1) is 14.2. The van der Waals surface area contributed by atoms with Crippen LogP contribution >= 0.6 is 0 Å². The van der Waals surface area contributed by atoms with E-state index in [0.29, 0.717) is 11.4 Å². The number of aryl methyl sites for hydroxylation is 1. The average Bonchev–Trinajstić information content (AvgIpc) is 2.67. The summed E-state index contributed by atoms with van der Waals surface area (Å²) in [6, 6.07) is 11.2. The van der Waals surface area contributed by atoms with E-state index in [1.807, 2.05) is 0 Å². The monoisotopic (exact) mass is 419 g/mol. The molecule has 0 amide bonds. The van der Waals surface area contributed by atoms with Crippen molar-refractivity contribution < 1.29 is 22.8 Å². The Labute approximate surface area is 168 Å². The number of halogens is 3. The van der Waals surface area contributed by atoms with Crippen molar-refractivity contribution in [3.8, 4) is 5.75 Å². The summed E-state index contributed by atoms with van der Waals surface area (Å²) in [4.78, 5) is 19.0. The number of methoxy groups -OCH3 is 1. The zero-order valence-electron chi connectivity index (χ0n) is 15.8. The first-order valence-corrected chi connectivity index (χ1v) is 8.56. The van der Waals surface area contributed by atoms with Gasteiger partial charge in [-0.15, -0.1) is 0 Å². The second-order valence-electron chi connectivity index (χ2n) is 6.12. The Bertz CT molecular complexity index is 1090. The number of benzene rings is 2. The highest BCUT2D eigenvalue weighted by molar-refractivity contribution is 5.72. The lowest BCUT2D eigenvalue weighted by molar-refractivity contribution is -0.385. The summed E-state index contributed by atoms with van der Waals surface area (Å²) in [7, 11) is 1.45. The fraction of sp³-hybridized carbons (Fsp3) is 0.158. The van der Waals surface area contributed by atoms with Crippen LogP contribution in [0.25, 0.3) is 0 Å². The number of nitro groups is 1. The lowest BCUT2D eigenvalue weighted by atomic mass is 10.2. The minimum atomic E-state index is -4.51. The topological polar surface area (TPSA) is 102 Å². The van der Waals surface area contributed by atoms with Gasteiger partial charge in [0.05, 0.1) is 23.3 Å². The van der Waals surface area contributed by atoms with Crippen LogP contribution < -0.4 is 15.4 Å². The number of para-hydroxylation sites is 2. The normalized spacial score (nSPS) is 11.1. The molecule has 0 fully saturated rings. The number of nitrogens with zero attached hydrogens (tertiary/aromatic N) is 3. The molecule has 8 nitrogen and oxygen atoms in total. The molecule has 3 rings (SSSR count). The van der Waals surface area contributed by atoms with Gasteiger partial charge in [-0.3, -0.25) is 10.1 Å². The third-order valence-corrected chi connectivity index (χ3v) is 4.05. The van der Waals surface area contributed by atoms with Gasteiger partial charge in [0.2, 0.25) is 11.8 Å². The van der Waals surface area contributed by atoms with Crippen LogP contribution in [0.5, 0.6) is 5.75 Å². The molecule has 0 saturated carbocycles. The maximum absolute atomic E-state index is 12.9. The largest absolute Gasteiger partial charge is 0.495 e. The van der Waals surface area contributed by atoms with Gasteiger partial charge < -0.3 is 15.4 Å². The van der Waals surface area contributed by atoms with Crippen molar-refractivity contribution in [2.45, 2.75) is 13.1 Å². The Kier molecular flexibility index (Phi) is 5.72. The van der Waals surface area contributed by atoms with Crippen LogP contribution in [0.15, 0.2) is 48.5 Å². The second kappa shape index (κ2) is 8.23. The molecule has 1 heterocycles. The summed E-state index contributed by atoms with van der Waals surface area (Å²) in [5.74, 6) is 0.191. The van der Waals surface area contributed by atoms with Gasteiger partial charge in [-0.25, -0.2) is 4.98 Å². The van der Waals surface area contributed by atoms with Crippen LogP contribution in [-0.4, -0.2) is 22.0 Å². The van der Waals surface area contributed by atoms with Gasteiger partial charge in [0.15, 0.2) is 0 Å². The Hall–Kier alpha value is -3.89. The Morgan fingerprint density at radius 3 is 2.47 bits per heavy atom. The van der Waals surface area contributed by atoms with Crippen LogP contribution in [0.3, 0.4) is 0 Å². The third kappa shape index (κ3) is 4.57. The summed E-state index contributed by atoms with van der Waals surface area (Å²) in [6.07, 6.45) is -4.51. The number of anilines is 4. The number of rotatable bonds is 6. The van der Waals surface area contributed by atoms with E-state index in [4.69, 9.17) is 4.74 Å². The summed E-state index contributed by atoms with van der Waals surface area (Å²) in [5, 5.41) is 17.0. The minimum Gasteiger partial charge on any atom is -0.495 e. The lowest BCUT2D eigenvalue weighted by Gasteiger charge is -2.13. The van der Waals surface area contributed by atoms with E-state index in [0.717, 1.165) is 12.1 Å². The van der Waals surface area contributed by atoms with Crippen molar-refractivity contribution in [1.29, 1.82) is 0 Å². The van der Waals surface area contributed by atoms with E-state index < -0.39 is 16.7 Å². The molecule has 11 heteroatoms. The molecule has 0 unspecified atom stereocenters. The van der Waals surface area contributed by atoms with Crippen molar-refractivity contribution in [2.24, 2.45) is 0 Å². The standard InChI is InChI=1S/C19H16F3N5O3/c1-11-16(27(28)29)17(25-14-8-3-4-9-15(14)30-2)26-18(23-11)24-13-7-5-6-12(10-13)19(20,21)22/h3-10H,1-2H3,(H2,23,24,25,26). The number of alkyl halides is 3. The molecule has 0 saturated heterocycles. The average molecular weight is 419 g/mol. The molecule has 0 aliphatic carbocycles. The molecule has 0 bridgehead atoms. The van der Waals surface area contributed by atoms with E-state index in [-0.39, 0.29) is 28.8 Å². The van der Waals surface area contributed by atoms with Crippen LogP contribution in [0.4, 0.5) is 42.0 Å². The van der Waals surface area contributed by atoms with Gasteiger partial charge in [-0.2, -0.15) is 18.2 Å². The number of aromatic nitrogens is 2. The van der Waals surface area contributed by atoms with Gasteiger partial charge in [0, 0.05) is 5.69 Å². The molecule has 0 atom stereocenters.